The highest BCUT2D eigenvalue weighted by molar-refractivity contribution is 7.09. The number of aromatic nitrogens is 1. The molecule has 1 fully saturated rings. The third kappa shape index (κ3) is 6.88. The lowest BCUT2D eigenvalue weighted by atomic mass is 9.81. The van der Waals surface area contributed by atoms with E-state index in [4.69, 9.17) is 0 Å². The van der Waals surface area contributed by atoms with Gasteiger partial charge in [0.25, 0.3) is 0 Å². The van der Waals surface area contributed by atoms with Gasteiger partial charge in [-0.15, -0.1) is 36.2 Å². The zero-order valence-electron chi connectivity index (χ0n) is 15.0. The van der Waals surface area contributed by atoms with Crippen molar-refractivity contribution >= 4 is 42.1 Å². The summed E-state index contributed by atoms with van der Waals surface area (Å²) in [7, 11) is 0. The van der Waals surface area contributed by atoms with Crippen LogP contribution >= 0.6 is 36.2 Å². The third-order valence-electron chi connectivity index (χ3n) is 4.66. The Morgan fingerprint density at radius 3 is 2.62 bits per heavy atom. The number of hydrogen-bond acceptors (Lipinski definition) is 4. The van der Waals surface area contributed by atoms with Crippen molar-refractivity contribution in [3.8, 4) is 0 Å². The van der Waals surface area contributed by atoms with E-state index in [-0.39, 0.29) is 36.1 Å². The molecular weight excluding hydrogens is 389 g/mol. The Balaban J connectivity index is 0.00000169. The zero-order valence-corrected chi connectivity index (χ0v) is 17.4. The van der Waals surface area contributed by atoms with Gasteiger partial charge in [0.1, 0.15) is 0 Å². The first-order valence-electron chi connectivity index (χ1n) is 8.58. The number of rotatable bonds is 6. The largest absolute Gasteiger partial charge is 0.355 e. The quantitative estimate of drug-likeness (QED) is 0.756. The monoisotopic (exact) mass is 415 g/mol. The molecule has 1 aliphatic rings. The summed E-state index contributed by atoms with van der Waals surface area (Å²) in [6.45, 7) is 5.10. The smallest absolute Gasteiger partial charge is 0.226 e. The molecule has 1 aliphatic heterocycles. The van der Waals surface area contributed by atoms with Crippen molar-refractivity contribution in [1.29, 1.82) is 0 Å². The lowest BCUT2D eigenvalue weighted by Gasteiger charge is -2.34. The minimum absolute atomic E-state index is 0. The number of piperidine rings is 1. The fourth-order valence-electron chi connectivity index (χ4n) is 3.03. The van der Waals surface area contributed by atoms with E-state index in [1.807, 2.05) is 23.6 Å². The van der Waals surface area contributed by atoms with Gasteiger partial charge in [-0.05, 0) is 36.9 Å². The first kappa shape index (κ1) is 22.9. The summed E-state index contributed by atoms with van der Waals surface area (Å²) in [4.78, 5) is 16.8. The summed E-state index contributed by atoms with van der Waals surface area (Å²) in [5, 5.41) is 9.54. The second-order valence-electron chi connectivity index (χ2n) is 6.91. The second kappa shape index (κ2) is 10.9. The molecule has 2 aromatic rings. The van der Waals surface area contributed by atoms with Gasteiger partial charge in [-0.1, -0.05) is 37.3 Å². The summed E-state index contributed by atoms with van der Waals surface area (Å²) in [6.07, 6.45) is 3.44. The summed E-state index contributed by atoms with van der Waals surface area (Å²) in [5.74, 6) is 0.0753. The van der Waals surface area contributed by atoms with E-state index in [9.17, 15) is 4.79 Å². The van der Waals surface area contributed by atoms with Gasteiger partial charge in [-0.2, -0.15) is 0 Å². The zero-order chi connectivity index (χ0) is 16.8. The molecule has 0 aliphatic carbocycles. The Morgan fingerprint density at radius 1 is 1.23 bits per heavy atom. The maximum atomic E-state index is 12.2. The van der Waals surface area contributed by atoms with Gasteiger partial charge in [0.05, 0.1) is 17.1 Å². The maximum Gasteiger partial charge on any atom is 0.226 e. The molecule has 7 heteroatoms. The number of hydrogen-bond donors (Lipinski definition) is 2. The van der Waals surface area contributed by atoms with E-state index in [0.717, 1.165) is 49.6 Å². The molecule has 2 heterocycles. The number of nitrogens with zero attached hydrogens (tertiary/aromatic N) is 1. The molecule has 4 nitrogen and oxygen atoms in total. The number of amides is 1. The van der Waals surface area contributed by atoms with Crippen LogP contribution in [-0.2, 0) is 17.6 Å². The number of carbonyl (C=O) groups is 1. The predicted octanol–water partition coefficient (Wildman–Crippen LogP) is 3.63. The number of benzene rings is 1. The van der Waals surface area contributed by atoms with Crippen LogP contribution in [0, 0.1) is 5.41 Å². The van der Waals surface area contributed by atoms with Crippen LogP contribution < -0.4 is 10.6 Å². The number of carbonyl (C=O) groups excluding carboxylic acids is 1. The molecule has 2 N–H and O–H groups in total. The van der Waals surface area contributed by atoms with E-state index in [1.54, 1.807) is 11.3 Å². The number of thiazole rings is 1. The van der Waals surface area contributed by atoms with Crippen LogP contribution in [0.3, 0.4) is 0 Å². The first-order chi connectivity index (χ1) is 11.6. The van der Waals surface area contributed by atoms with Crippen molar-refractivity contribution in [3.63, 3.8) is 0 Å². The lowest BCUT2D eigenvalue weighted by molar-refractivity contribution is -0.121. The normalized spacial score (nSPS) is 15.4. The van der Waals surface area contributed by atoms with Crippen LogP contribution in [0.4, 0.5) is 0 Å². The summed E-state index contributed by atoms with van der Waals surface area (Å²) in [6, 6.07) is 10.3. The van der Waals surface area contributed by atoms with Crippen LogP contribution in [0.5, 0.6) is 0 Å². The number of halogens is 2. The Morgan fingerprint density at radius 2 is 1.92 bits per heavy atom. The highest BCUT2D eigenvalue weighted by Crippen LogP contribution is 2.26. The van der Waals surface area contributed by atoms with Gasteiger partial charge in [0, 0.05) is 18.3 Å². The molecule has 1 saturated heterocycles. The molecule has 1 amide bonds. The molecule has 1 aromatic carbocycles. The van der Waals surface area contributed by atoms with Gasteiger partial charge in [-0.25, -0.2) is 4.98 Å². The molecule has 3 rings (SSSR count). The topological polar surface area (TPSA) is 54.0 Å². The fourth-order valence-corrected chi connectivity index (χ4v) is 3.86. The van der Waals surface area contributed by atoms with Crippen LogP contribution in [0.15, 0.2) is 35.7 Å². The molecule has 0 bridgehead atoms. The standard InChI is InChI=1S/C19H25N3OS.2ClH/c1-19(7-9-20-10-8-19)14-21-17(23)12-16-13-24-18(22-16)11-15-5-3-2-4-6-15;;/h2-6,13,20H,7-12,14H2,1H3,(H,21,23);2*1H. The first-order valence-corrected chi connectivity index (χ1v) is 9.46. The Hall–Kier alpha value is -1.14. The Labute approximate surface area is 172 Å². The van der Waals surface area contributed by atoms with Crippen LogP contribution in [0.1, 0.15) is 36.0 Å². The highest BCUT2D eigenvalue weighted by Gasteiger charge is 2.27. The highest BCUT2D eigenvalue weighted by atomic mass is 35.5. The summed E-state index contributed by atoms with van der Waals surface area (Å²) < 4.78 is 0. The molecular formula is C19H27Cl2N3OS. The van der Waals surface area contributed by atoms with Gasteiger partial charge < -0.3 is 10.6 Å². The van der Waals surface area contributed by atoms with Crippen molar-refractivity contribution in [2.24, 2.45) is 5.41 Å². The van der Waals surface area contributed by atoms with E-state index >= 15 is 0 Å². The van der Waals surface area contributed by atoms with E-state index < -0.39 is 0 Å². The van der Waals surface area contributed by atoms with E-state index in [1.165, 1.54) is 5.56 Å². The van der Waals surface area contributed by atoms with Gasteiger partial charge >= 0.3 is 0 Å². The minimum Gasteiger partial charge on any atom is -0.355 e. The number of nitrogens with one attached hydrogen (secondary N) is 2. The summed E-state index contributed by atoms with van der Waals surface area (Å²) >= 11 is 1.63. The molecule has 0 atom stereocenters. The van der Waals surface area contributed by atoms with Crippen LogP contribution in [0.2, 0.25) is 0 Å². The second-order valence-corrected chi connectivity index (χ2v) is 7.85. The molecule has 26 heavy (non-hydrogen) atoms. The van der Waals surface area contributed by atoms with Crippen molar-refractivity contribution in [2.45, 2.75) is 32.6 Å². The third-order valence-corrected chi connectivity index (χ3v) is 5.56. The van der Waals surface area contributed by atoms with Gasteiger partial charge in [-0.3, -0.25) is 4.79 Å². The molecule has 0 saturated carbocycles. The van der Waals surface area contributed by atoms with Crippen molar-refractivity contribution < 1.29 is 4.79 Å². The van der Waals surface area contributed by atoms with Crippen molar-refractivity contribution in [2.75, 3.05) is 19.6 Å². The average Bonchev–Trinajstić information content (AvgIpc) is 3.02. The van der Waals surface area contributed by atoms with Gasteiger partial charge in [0.15, 0.2) is 0 Å². The molecule has 0 radical (unpaired) electrons. The van der Waals surface area contributed by atoms with E-state index in [0.29, 0.717) is 6.42 Å². The molecule has 144 valence electrons. The molecule has 0 spiro atoms. The van der Waals surface area contributed by atoms with Gasteiger partial charge in [0.2, 0.25) is 5.91 Å². The lowest BCUT2D eigenvalue weighted by Crippen LogP contribution is -2.43. The minimum atomic E-state index is 0. The van der Waals surface area contributed by atoms with Crippen LogP contribution in [-0.4, -0.2) is 30.5 Å². The fraction of sp³-hybridized carbons (Fsp3) is 0.474. The van der Waals surface area contributed by atoms with E-state index in [2.05, 4.69) is 34.7 Å². The van der Waals surface area contributed by atoms with Crippen molar-refractivity contribution in [3.05, 3.63) is 52.0 Å². The molecule has 1 aromatic heterocycles. The maximum absolute atomic E-state index is 12.2. The Kier molecular flexibility index (Phi) is 9.58. The average molecular weight is 416 g/mol. The van der Waals surface area contributed by atoms with Crippen molar-refractivity contribution in [1.82, 2.24) is 15.6 Å². The summed E-state index contributed by atoms with van der Waals surface area (Å²) in [5.41, 5.74) is 2.35. The van der Waals surface area contributed by atoms with Crippen LogP contribution in [0.25, 0.3) is 0 Å². The predicted molar refractivity (Wildman–Crippen MR) is 113 cm³/mol. The molecule has 0 unspecified atom stereocenters. The Bertz CT molecular complexity index is 672. The SMILES string of the molecule is CC1(CNC(=O)Cc2csc(Cc3ccccc3)n2)CCNCC1.Cl.Cl.